The molecule has 4 aliphatic carbocycles. The second-order valence-electron chi connectivity index (χ2n) is 7.47. The van der Waals surface area contributed by atoms with E-state index >= 15 is 0 Å². The first-order valence-electron chi connectivity index (χ1n) is 8.22. The van der Waals surface area contributed by atoms with E-state index < -0.39 is 0 Å². The first kappa shape index (κ1) is 13.3. The van der Waals surface area contributed by atoms with Crippen LogP contribution in [0.2, 0.25) is 0 Å². The van der Waals surface area contributed by atoms with E-state index in [1.54, 1.807) is 0 Å². The number of imide groups is 1. The number of carbonyl (C=O) groups is 2. The molecule has 1 aromatic carbocycles. The van der Waals surface area contributed by atoms with E-state index in [0.717, 1.165) is 40.4 Å². The van der Waals surface area contributed by atoms with Gasteiger partial charge in [-0.05, 0) is 73.6 Å². The molecule has 4 heteroatoms. The Morgan fingerprint density at radius 2 is 1.59 bits per heavy atom. The average molecular weight is 360 g/mol. The lowest BCUT2D eigenvalue weighted by Gasteiger charge is -2.42. The molecular formula is C18H18BrNO2. The predicted molar refractivity (Wildman–Crippen MR) is 86.2 cm³/mol. The molecule has 0 N–H and O–H groups in total. The highest BCUT2D eigenvalue weighted by Gasteiger charge is 2.68. The Kier molecular flexibility index (Phi) is 2.55. The fraction of sp³-hybridized carbons (Fsp3) is 0.556. The van der Waals surface area contributed by atoms with Gasteiger partial charge in [0.2, 0.25) is 11.8 Å². The van der Waals surface area contributed by atoms with Crippen molar-refractivity contribution in [3.63, 3.8) is 0 Å². The summed E-state index contributed by atoms with van der Waals surface area (Å²) in [5, 5.41) is 0. The largest absolute Gasteiger partial charge is 0.274 e. The van der Waals surface area contributed by atoms with Gasteiger partial charge in [0.25, 0.3) is 0 Å². The molecule has 22 heavy (non-hydrogen) atoms. The highest BCUT2D eigenvalue weighted by Crippen LogP contribution is 2.68. The summed E-state index contributed by atoms with van der Waals surface area (Å²) in [5.74, 6) is 2.49. The topological polar surface area (TPSA) is 37.4 Å². The number of aryl methyl sites for hydroxylation is 1. The third-order valence-electron chi connectivity index (χ3n) is 6.54. The molecule has 6 atom stereocenters. The Bertz CT molecular complexity index is 681. The Labute approximate surface area is 138 Å². The van der Waals surface area contributed by atoms with Crippen LogP contribution in [0.5, 0.6) is 0 Å². The van der Waals surface area contributed by atoms with Crippen molar-refractivity contribution >= 4 is 33.4 Å². The van der Waals surface area contributed by atoms with Crippen LogP contribution in [0.15, 0.2) is 22.7 Å². The van der Waals surface area contributed by atoms with Gasteiger partial charge in [0.1, 0.15) is 0 Å². The summed E-state index contributed by atoms with van der Waals surface area (Å²) in [7, 11) is 0. The molecule has 1 aliphatic heterocycles. The smallest absolute Gasteiger partial charge is 0.237 e. The van der Waals surface area contributed by atoms with Gasteiger partial charge >= 0.3 is 0 Å². The second kappa shape index (κ2) is 4.22. The number of fused-ring (bicyclic) bond motifs is 1. The normalized spacial score (nSPS) is 41.6. The molecule has 0 radical (unpaired) electrons. The SMILES string of the molecule is Cc1cc(N2C(=O)[C@@H]3C4CCC(C5CC54)[C@@H]3C2=O)ccc1Br. The van der Waals surface area contributed by atoms with Crippen molar-refractivity contribution in [3.8, 4) is 0 Å². The summed E-state index contributed by atoms with van der Waals surface area (Å²) in [5.41, 5.74) is 1.80. The van der Waals surface area contributed by atoms with Crippen molar-refractivity contribution in [2.24, 2.45) is 35.5 Å². The minimum Gasteiger partial charge on any atom is -0.274 e. The van der Waals surface area contributed by atoms with E-state index in [2.05, 4.69) is 15.9 Å². The lowest BCUT2D eigenvalue weighted by atomic mass is 9.59. The van der Waals surface area contributed by atoms with Crippen LogP contribution in [-0.2, 0) is 9.59 Å². The lowest BCUT2D eigenvalue weighted by Crippen LogP contribution is -2.43. The summed E-state index contributed by atoms with van der Waals surface area (Å²) >= 11 is 3.48. The van der Waals surface area contributed by atoms with E-state index in [1.165, 1.54) is 11.3 Å². The molecule has 2 bridgehead atoms. The highest BCUT2D eigenvalue weighted by molar-refractivity contribution is 9.10. The molecule has 3 nitrogen and oxygen atoms in total. The highest BCUT2D eigenvalue weighted by atomic mass is 79.9. The molecular weight excluding hydrogens is 342 g/mol. The second-order valence-corrected chi connectivity index (χ2v) is 8.32. The monoisotopic (exact) mass is 359 g/mol. The van der Waals surface area contributed by atoms with E-state index in [1.807, 2.05) is 25.1 Å². The van der Waals surface area contributed by atoms with Crippen LogP contribution in [0.25, 0.3) is 0 Å². The summed E-state index contributed by atoms with van der Waals surface area (Å²) in [6, 6.07) is 5.76. The van der Waals surface area contributed by atoms with Crippen molar-refractivity contribution in [2.75, 3.05) is 4.90 Å². The van der Waals surface area contributed by atoms with Crippen molar-refractivity contribution < 1.29 is 9.59 Å². The number of nitrogens with zero attached hydrogens (tertiary/aromatic N) is 1. The quantitative estimate of drug-likeness (QED) is 0.719. The van der Waals surface area contributed by atoms with E-state index in [4.69, 9.17) is 0 Å². The molecule has 1 heterocycles. The fourth-order valence-electron chi connectivity index (χ4n) is 5.56. The zero-order valence-electron chi connectivity index (χ0n) is 12.5. The van der Waals surface area contributed by atoms with Crippen molar-refractivity contribution in [2.45, 2.75) is 26.2 Å². The third-order valence-corrected chi connectivity index (χ3v) is 7.43. The molecule has 4 unspecified atom stereocenters. The minimum atomic E-state index is -0.0287. The van der Waals surface area contributed by atoms with Crippen molar-refractivity contribution in [3.05, 3.63) is 28.2 Å². The van der Waals surface area contributed by atoms with Crippen molar-refractivity contribution in [1.29, 1.82) is 0 Å². The van der Waals surface area contributed by atoms with Crippen LogP contribution < -0.4 is 4.90 Å². The summed E-state index contributed by atoms with van der Waals surface area (Å²) in [6.45, 7) is 1.99. The summed E-state index contributed by atoms with van der Waals surface area (Å²) in [4.78, 5) is 27.5. The number of rotatable bonds is 1. The van der Waals surface area contributed by atoms with E-state index in [9.17, 15) is 9.59 Å². The van der Waals surface area contributed by atoms with Gasteiger partial charge in [-0.15, -0.1) is 0 Å². The molecule has 0 aromatic heterocycles. The average Bonchev–Trinajstić information content (AvgIpc) is 3.28. The molecule has 1 saturated heterocycles. The fourth-order valence-corrected chi connectivity index (χ4v) is 5.81. The summed E-state index contributed by atoms with van der Waals surface area (Å²) in [6.07, 6.45) is 3.57. The maximum absolute atomic E-state index is 13.0. The van der Waals surface area contributed by atoms with Gasteiger partial charge in [-0.3, -0.25) is 14.5 Å². The number of hydrogen-bond donors (Lipinski definition) is 0. The number of carbonyl (C=O) groups excluding carboxylic acids is 2. The maximum atomic E-state index is 13.0. The number of benzene rings is 1. The molecule has 4 saturated carbocycles. The molecule has 114 valence electrons. The first-order valence-corrected chi connectivity index (χ1v) is 9.01. The predicted octanol–water partition coefficient (Wildman–Crippen LogP) is 3.54. The summed E-state index contributed by atoms with van der Waals surface area (Å²) < 4.78 is 1.01. The van der Waals surface area contributed by atoms with Crippen LogP contribution in [0.4, 0.5) is 5.69 Å². The van der Waals surface area contributed by atoms with Crippen LogP contribution in [0, 0.1) is 42.4 Å². The maximum Gasteiger partial charge on any atom is 0.237 e. The standard InChI is InChI=1S/C18H18BrNO2/c1-8-6-9(2-5-14(8)19)20-17(21)15-10-3-4-11(13-7-12(10)13)16(15)18(20)22/h2,5-6,10-13,15-16H,3-4,7H2,1H3/t10?,11?,12?,13?,15-,16+. The Morgan fingerprint density at radius 1 is 1.00 bits per heavy atom. The van der Waals surface area contributed by atoms with Gasteiger partial charge in [-0.1, -0.05) is 15.9 Å². The van der Waals surface area contributed by atoms with Crippen LogP contribution in [-0.4, -0.2) is 11.8 Å². The Morgan fingerprint density at radius 3 is 2.14 bits per heavy atom. The van der Waals surface area contributed by atoms with Crippen molar-refractivity contribution in [1.82, 2.24) is 0 Å². The molecule has 6 rings (SSSR count). The molecule has 1 aromatic rings. The van der Waals surface area contributed by atoms with Gasteiger partial charge in [0.15, 0.2) is 0 Å². The zero-order valence-corrected chi connectivity index (χ0v) is 14.0. The van der Waals surface area contributed by atoms with Gasteiger partial charge in [-0.2, -0.15) is 0 Å². The molecule has 2 amide bonds. The third kappa shape index (κ3) is 1.52. The van der Waals surface area contributed by atoms with Crippen LogP contribution in [0.1, 0.15) is 24.8 Å². The van der Waals surface area contributed by atoms with E-state index in [-0.39, 0.29) is 23.7 Å². The molecule has 5 fully saturated rings. The molecule has 5 aliphatic rings. The number of anilines is 1. The minimum absolute atomic E-state index is 0.0287. The number of hydrogen-bond acceptors (Lipinski definition) is 2. The Balaban J connectivity index is 1.57. The lowest BCUT2D eigenvalue weighted by molar-refractivity contribution is -0.129. The van der Waals surface area contributed by atoms with Gasteiger partial charge in [0, 0.05) is 4.47 Å². The zero-order chi connectivity index (χ0) is 15.2. The van der Waals surface area contributed by atoms with Crippen LogP contribution >= 0.6 is 15.9 Å². The van der Waals surface area contributed by atoms with Gasteiger partial charge < -0.3 is 0 Å². The number of halogens is 1. The van der Waals surface area contributed by atoms with E-state index in [0.29, 0.717) is 11.8 Å². The van der Waals surface area contributed by atoms with Crippen LogP contribution in [0.3, 0.4) is 0 Å². The first-order chi connectivity index (χ1) is 10.6. The van der Waals surface area contributed by atoms with Gasteiger partial charge in [-0.25, -0.2) is 0 Å². The molecule has 0 spiro atoms. The van der Waals surface area contributed by atoms with Gasteiger partial charge in [0.05, 0.1) is 17.5 Å². The number of amides is 2. The Hall–Kier alpha value is -1.16.